The smallest absolute Gasteiger partial charge is 0.254 e. The molecule has 4 rings (SSSR count). The van der Waals surface area contributed by atoms with E-state index in [9.17, 15) is 13.6 Å². The first kappa shape index (κ1) is 16.3. The van der Waals surface area contributed by atoms with Gasteiger partial charge in [-0.25, -0.2) is 8.78 Å². The number of aromatic nitrogens is 3. The number of nitrogens with zero attached hydrogens (tertiary/aromatic N) is 4. The summed E-state index contributed by atoms with van der Waals surface area (Å²) in [7, 11) is 0. The molecule has 2 aromatic heterocycles. The number of benzene rings is 1. The quantitative estimate of drug-likeness (QED) is 0.719. The predicted molar refractivity (Wildman–Crippen MR) is 86.9 cm³/mol. The SMILES string of the molecule is O=C(c1ccc(F)c(F)c1)N1CCCC1c1nnc(-c2ccncc2)o1. The van der Waals surface area contributed by atoms with Gasteiger partial charge in [0.15, 0.2) is 11.6 Å². The number of carbonyl (C=O) groups is 1. The van der Waals surface area contributed by atoms with Crippen LogP contribution in [0.2, 0.25) is 0 Å². The third kappa shape index (κ3) is 2.94. The first-order chi connectivity index (χ1) is 12.6. The van der Waals surface area contributed by atoms with Gasteiger partial charge >= 0.3 is 0 Å². The Morgan fingerprint density at radius 2 is 1.92 bits per heavy atom. The molecule has 0 saturated carbocycles. The maximum absolute atomic E-state index is 13.4. The Labute approximate surface area is 147 Å². The van der Waals surface area contributed by atoms with E-state index in [1.54, 1.807) is 29.4 Å². The number of carbonyl (C=O) groups excluding carboxylic acids is 1. The number of amides is 1. The van der Waals surface area contributed by atoms with Crippen molar-refractivity contribution in [2.75, 3.05) is 6.54 Å². The summed E-state index contributed by atoms with van der Waals surface area (Å²) in [5.41, 5.74) is 0.819. The minimum Gasteiger partial charge on any atom is -0.418 e. The molecule has 3 heterocycles. The molecule has 3 aromatic rings. The van der Waals surface area contributed by atoms with E-state index in [1.807, 2.05) is 0 Å². The molecule has 1 aromatic carbocycles. The monoisotopic (exact) mass is 356 g/mol. The summed E-state index contributed by atoms with van der Waals surface area (Å²) in [6.45, 7) is 0.482. The van der Waals surface area contributed by atoms with E-state index in [1.165, 1.54) is 6.07 Å². The Hall–Kier alpha value is -3.16. The van der Waals surface area contributed by atoms with Crippen molar-refractivity contribution in [1.82, 2.24) is 20.1 Å². The fraction of sp³-hybridized carbons (Fsp3) is 0.222. The van der Waals surface area contributed by atoms with Crippen LogP contribution in [0.4, 0.5) is 8.78 Å². The molecule has 1 fully saturated rings. The zero-order valence-corrected chi connectivity index (χ0v) is 13.6. The highest BCUT2D eigenvalue weighted by Crippen LogP contribution is 2.33. The van der Waals surface area contributed by atoms with Gasteiger partial charge in [-0.2, -0.15) is 0 Å². The van der Waals surface area contributed by atoms with Crippen LogP contribution in [0.15, 0.2) is 47.1 Å². The molecule has 1 saturated heterocycles. The molecule has 0 N–H and O–H groups in total. The van der Waals surface area contributed by atoms with Crippen LogP contribution in [0, 0.1) is 11.6 Å². The molecule has 1 aliphatic heterocycles. The molecule has 1 aliphatic rings. The standard InChI is InChI=1S/C18H14F2N4O2/c19-13-4-3-12(10-14(13)20)18(25)24-9-1-2-15(24)17-23-22-16(26-17)11-5-7-21-8-6-11/h3-8,10,15H,1-2,9H2. The summed E-state index contributed by atoms with van der Waals surface area (Å²) in [5.74, 6) is -1.77. The van der Waals surface area contributed by atoms with Crippen LogP contribution in [0.3, 0.4) is 0 Å². The van der Waals surface area contributed by atoms with E-state index in [-0.39, 0.29) is 5.56 Å². The van der Waals surface area contributed by atoms with Crippen LogP contribution in [0.5, 0.6) is 0 Å². The van der Waals surface area contributed by atoms with Crippen molar-refractivity contribution in [3.63, 3.8) is 0 Å². The molecule has 1 amide bonds. The molecule has 1 unspecified atom stereocenters. The van der Waals surface area contributed by atoms with Crippen LogP contribution < -0.4 is 0 Å². The second kappa shape index (κ2) is 6.62. The molecular weight excluding hydrogens is 342 g/mol. The number of pyridine rings is 1. The number of hydrogen-bond acceptors (Lipinski definition) is 5. The number of rotatable bonds is 3. The van der Waals surface area contributed by atoms with Crippen molar-refractivity contribution in [2.45, 2.75) is 18.9 Å². The van der Waals surface area contributed by atoms with E-state index in [0.717, 1.165) is 24.1 Å². The molecule has 0 aliphatic carbocycles. The lowest BCUT2D eigenvalue weighted by Gasteiger charge is -2.22. The highest BCUT2D eigenvalue weighted by molar-refractivity contribution is 5.94. The van der Waals surface area contributed by atoms with Crippen LogP contribution >= 0.6 is 0 Å². The minimum atomic E-state index is -1.05. The second-order valence-electron chi connectivity index (χ2n) is 5.97. The third-order valence-electron chi connectivity index (χ3n) is 4.33. The molecule has 6 nitrogen and oxygen atoms in total. The Morgan fingerprint density at radius 1 is 1.12 bits per heavy atom. The van der Waals surface area contributed by atoms with Crippen molar-refractivity contribution in [2.24, 2.45) is 0 Å². The fourth-order valence-electron chi connectivity index (χ4n) is 3.04. The highest BCUT2D eigenvalue weighted by atomic mass is 19.2. The fourth-order valence-corrected chi connectivity index (χ4v) is 3.04. The van der Waals surface area contributed by atoms with Crippen molar-refractivity contribution in [3.05, 3.63) is 65.8 Å². The molecule has 0 spiro atoms. The lowest BCUT2D eigenvalue weighted by Crippen LogP contribution is -2.30. The van der Waals surface area contributed by atoms with Gasteiger partial charge in [-0.05, 0) is 43.2 Å². The van der Waals surface area contributed by atoms with Gasteiger partial charge in [0.25, 0.3) is 5.91 Å². The Balaban J connectivity index is 1.60. The van der Waals surface area contributed by atoms with Crippen molar-refractivity contribution >= 4 is 5.91 Å². The topological polar surface area (TPSA) is 72.1 Å². The van der Waals surface area contributed by atoms with E-state index in [0.29, 0.717) is 24.7 Å². The summed E-state index contributed by atoms with van der Waals surface area (Å²) in [6.07, 6.45) is 4.65. The normalized spacial score (nSPS) is 16.8. The van der Waals surface area contributed by atoms with Gasteiger partial charge in [-0.3, -0.25) is 9.78 Å². The van der Waals surface area contributed by atoms with Gasteiger partial charge in [0.1, 0.15) is 6.04 Å². The molecule has 132 valence electrons. The first-order valence-corrected chi connectivity index (χ1v) is 8.13. The number of hydrogen-bond donors (Lipinski definition) is 0. The summed E-state index contributed by atoms with van der Waals surface area (Å²) in [6, 6.07) is 6.22. The minimum absolute atomic E-state index is 0.0877. The van der Waals surface area contributed by atoms with E-state index < -0.39 is 23.6 Å². The third-order valence-corrected chi connectivity index (χ3v) is 4.33. The van der Waals surface area contributed by atoms with Gasteiger partial charge in [0.2, 0.25) is 11.8 Å². The van der Waals surface area contributed by atoms with E-state index in [2.05, 4.69) is 15.2 Å². The maximum atomic E-state index is 13.4. The Morgan fingerprint density at radius 3 is 2.69 bits per heavy atom. The Bertz CT molecular complexity index is 945. The molecule has 8 heteroatoms. The van der Waals surface area contributed by atoms with E-state index in [4.69, 9.17) is 4.42 Å². The van der Waals surface area contributed by atoms with Crippen molar-refractivity contribution < 1.29 is 18.0 Å². The average molecular weight is 356 g/mol. The average Bonchev–Trinajstić information content (AvgIpc) is 3.33. The van der Waals surface area contributed by atoms with Gasteiger partial charge in [-0.1, -0.05) is 0 Å². The number of likely N-dealkylation sites (tertiary alicyclic amines) is 1. The molecule has 26 heavy (non-hydrogen) atoms. The summed E-state index contributed by atoms with van der Waals surface area (Å²) < 4.78 is 32.3. The van der Waals surface area contributed by atoms with E-state index >= 15 is 0 Å². The summed E-state index contributed by atoms with van der Waals surface area (Å²) in [5, 5.41) is 8.10. The highest BCUT2D eigenvalue weighted by Gasteiger charge is 2.34. The lowest BCUT2D eigenvalue weighted by atomic mass is 10.1. The van der Waals surface area contributed by atoms with Crippen LogP contribution in [0.25, 0.3) is 11.5 Å². The van der Waals surface area contributed by atoms with Gasteiger partial charge in [-0.15, -0.1) is 10.2 Å². The molecule has 1 atom stereocenters. The first-order valence-electron chi connectivity index (χ1n) is 8.13. The van der Waals surface area contributed by atoms with Crippen LogP contribution in [-0.4, -0.2) is 32.5 Å². The Kier molecular flexibility index (Phi) is 4.16. The summed E-state index contributed by atoms with van der Waals surface area (Å²) in [4.78, 5) is 18.2. The number of halogens is 2. The lowest BCUT2D eigenvalue weighted by molar-refractivity contribution is 0.0715. The zero-order valence-electron chi connectivity index (χ0n) is 13.6. The van der Waals surface area contributed by atoms with Gasteiger partial charge in [0, 0.05) is 30.1 Å². The maximum Gasteiger partial charge on any atom is 0.254 e. The van der Waals surface area contributed by atoms with Crippen LogP contribution in [0.1, 0.15) is 35.1 Å². The van der Waals surface area contributed by atoms with Gasteiger partial charge in [0.05, 0.1) is 0 Å². The van der Waals surface area contributed by atoms with Crippen molar-refractivity contribution in [1.29, 1.82) is 0 Å². The molecular formula is C18H14F2N4O2. The molecule has 0 radical (unpaired) electrons. The predicted octanol–water partition coefficient (Wildman–Crippen LogP) is 3.39. The zero-order chi connectivity index (χ0) is 18.1. The largest absolute Gasteiger partial charge is 0.418 e. The second-order valence-corrected chi connectivity index (χ2v) is 5.97. The van der Waals surface area contributed by atoms with Crippen LogP contribution in [-0.2, 0) is 0 Å². The summed E-state index contributed by atoms with van der Waals surface area (Å²) >= 11 is 0. The van der Waals surface area contributed by atoms with Crippen molar-refractivity contribution in [3.8, 4) is 11.5 Å². The molecule has 0 bridgehead atoms. The van der Waals surface area contributed by atoms with Gasteiger partial charge < -0.3 is 9.32 Å².